The number of imidazole rings is 1. The number of hydrogen-bond acceptors (Lipinski definition) is 1. The number of nitrogens with one attached hydrogen (secondary N) is 1. The Bertz CT molecular complexity index is 420. The predicted octanol–water partition coefficient (Wildman–Crippen LogP) is 3.31. The largest absolute Gasteiger partial charge is 0.342 e. The van der Waals surface area contributed by atoms with Crippen LogP contribution in [0, 0.1) is 0 Å². The summed E-state index contributed by atoms with van der Waals surface area (Å²) in [6.45, 7) is 4.28. The van der Waals surface area contributed by atoms with Gasteiger partial charge in [0, 0.05) is 6.42 Å². The normalized spacial score (nSPS) is 10.1. The number of aryl methyl sites for hydroxylation is 2. The molecular formula is C11H15IN2. The second-order valence-corrected chi connectivity index (χ2v) is 3.20. The van der Waals surface area contributed by atoms with Crippen LogP contribution in [0.1, 0.15) is 25.2 Å². The number of aromatic nitrogens is 2. The van der Waals surface area contributed by atoms with Crippen LogP contribution in [0.25, 0.3) is 11.0 Å². The van der Waals surface area contributed by atoms with Crippen molar-refractivity contribution in [3.63, 3.8) is 0 Å². The first-order chi connectivity index (χ1) is 6.35. The van der Waals surface area contributed by atoms with Gasteiger partial charge in [-0.1, -0.05) is 26.0 Å². The van der Waals surface area contributed by atoms with Gasteiger partial charge in [0.25, 0.3) is 0 Å². The molecule has 0 saturated carbocycles. The summed E-state index contributed by atoms with van der Waals surface area (Å²) < 4.78 is 0. The number of aromatic amines is 1. The number of nitrogens with zero attached hydrogens (tertiary/aromatic N) is 1. The third-order valence-electron chi connectivity index (χ3n) is 2.37. The zero-order chi connectivity index (χ0) is 9.26. The predicted molar refractivity (Wildman–Crippen MR) is 70.3 cm³/mol. The second kappa shape index (κ2) is 4.77. The molecule has 2 aromatic rings. The summed E-state index contributed by atoms with van der Waals surface area (Å²) >= 11 is 0. The molecule has 0 aliphatic carbocycles. The van der Waals surface area contributed by atoms with Crippen molar-refractivity contribution in [1.29, 1.82) is 0 Å². The van der Waals surface area contributed by atoms with E-state index in [0.29, 0.717) is 0 Å². The third-order valence-corrected chi connectivity index (χ3v) is 2.37. The molecule has 0 radical (unpaired) electrons. The highest BCUT2D eigenvalue weighted by Crippen LogP contribution is 2.16. The lowest BCUT2D eigenvalue weighted by Gasteiger charge is -1.96. The number of rotatable bonds is 2. The standard InChI is InChI=1S/C11H14N2.HI/c1-3-8-6-5-7-9-11(8)13-10(4-2)12-9;/h5-7H,3-4H2,1-2H3,(H,12,13);1H. The van der Waals surface area contributed by atoms with E-state index in [0.717, 1.165) is 24.2 Å². The Hall–Kier alpha value is -0.580. The van der Waals surface area contributed by atoms with E-state index in [1.165, 1.54) is 11.1 Å². The maximum Gasteiger partial charge on any atom is 0.106 e. The van der Waals surface area contributed by atoms with Gasteiger partial charge in [0.2, 0.25) is 0 Å². The van der Waals surface area contributed by atoms with E-state index in [2.05, 4.69) is 42.0 Å². The zero-order valence-electron chi connectivity index (χ0n) is 8.50. The van der Waals surface area contributed by atoms with Crippen LogP contribution in [0.15, 0.2) is 18.2 Å². The number of hydrogen-bond donors (Lipinski definition) is 1. The van der Waals surface area contributed by atoms with E-state index in [1.54, 1.807) is 0 Å². The summed E-state index contributed by atoms with van der Waals surface area (Å²) in [5, 5.41) is 0. The molecule has 2 rings (SSSR count). The molecule has 1 N–H and O–H groups in total. The summed E-state index contributed by atoms with van der Waals surface area (Å²) in [4.78, 5) is 7.84. The average Bonchev–Trinajstić information content (AvgIpc) is 2.59. The number of benzene rings is 1. The summed E-state index contributed by atoms with van der Waals surface area (Å²) in [6, 6.07) is 6.28. The van der Waals surface area contributed by atoms with Crippen LogP contribution < -0.4 is 0 Å². The monoisotopic (exact) mass is 302 g/mol. The number of H-pyrrole nitrogens is 1. The smallest absolute Gasteiger partial charge is 0.106 e. The number of halogens is 1. The zero-order valence-corrected chi connectivity index (χ0v) is 10.8. The van der Waals surface area contributed by atoms with Crippen LogP contribution in [-0.4, -0.2) is 9.97 Å². The van der Waals surface area contributed by atoms with Gasteiger partial charge in [-0.15, -0.1) is 24.0 Å². The molecular weight excluding hydrogens is 287 g/mol. The van der Waals surface area contributed by atoms with Crippen molar-refractivity contribution in [2.24, 2.45) is 0 Å². The molecule has 0 amide bonds. The highest BCUT2D eigenvalue weighted by molar-refractivity contribution is 14.0. The molecule has 3 heteroatoms. The maximum absolute atomic E-state index is 4.48. The molecule has 14 heavy (non-hydrogen) atoms. The number of para-hydroxylation sites is 1. The summed E-state index contributed by atoms with van der Waals surface area (Å²) in [7, 11) is 0. The average molecular weight is 302 g/mol. The summed E-state index contributed by atoms with van der Waals surface area (Å²) in [5.41, 5.74) is 3.66. The van der Waals surface area contributed by atoms with Crippen LogP contribution >= 0.6 is 24.0 Å². The Morgan fingerprint density at radius 1 is 1.21 bits per heavy atom. The Morgan fingerprint density at radius 2 is 2.00 bits per heavy atom. The van der Waals surface area contributed by atoms with Gasteiger partial charge in [-0.2, -0.15) is 0 Å². The molecule has 0 fully saturated rings. The fraction of sp³-hybridized carbons (Fsp3) is 0.364. The van der Waals surface area contributed by atoms with Gasteiger partial charge in [-0.25, -0.2) is 4.98 Å². The summed E-state index contributed by atoms with van der Waals surface area (Å²) in [5.74, 6) is 1.08. The Balaban J connectivity index is 0.000000980. The molecule has 2 nitrogen and oxygen atoms in total. The van der Waals surface area contributed by atoms with E-state index in [4.69, 9.17) is 0 Å². The molecule has 0 bridgehead atoms. The van der Waals surface area contributed by atoms with E-state index in [1.807, 2.05) is 0 Å². The van der Waals surface area contributed by atoms with Gasteiger partial charge in [0.15, 0.2) is 0 Å². The molecule has 0 saturated heterocycles. The lowest BCUT2D eigenvalue weighted by Crippen LogP contribution is -1.82. The highest BCUT2D eigenvalue weighted by atomic mass is 127. The Labute approximate surface area is 101 Å². The quantitative estimate of drug-likeness (QED) is 0.847. The van der Waals surface area contributed by atoms with Crippen molar-refractivity contribution in [3.05, 3.63) is 29.6 Å². The van der Waals surface area contributed by atoms with Crippen molar-refractivity contribution in [3.8, 4) is 0 Å². The van der Waals surface area contributed by atoms with Crippen molar-refractivity contribution in [2.75, 3.05) is 0 Å². The van der Waals surface area contributed by atoms with Crippen LogP contribution in [0.3, 0.4) is 0 Å². The van der Waals surface area contributed by atoms with Crippen molar-refractivity contribution in [2.45, 2.75) is 26.7 Å². The van der Waals surface area contributed by atoms with Gasteiger partial charge in [-0.05, 0) is 18.1 Å². The second-order valence-electron chi connectivity index (χ2n) is 3.20. The topological polar surface area (TPSA) is 28.7 Å². The first kappa shape index (κ1) is 11.5. The molecule has 0 aliphatic rings. The van der Waals surface area contributed by atoms with Crippen molar-refractivity contribution < 1.29 is 0 Å². The molecule has 0 unspecified atom stereocenters. The van der Waals surface area contributed by atoms with Crippen molar-refractivity contribution in [1.82, 2.24) is 9.97 Å². The van der Waals surface area contributed by atoms with Crippen LogP contribution in [0.5, 0.6) is 0 Å². The van der Waals surface area contributed by atoms with Crippen LogP contribution in [0.4, 0.5) is 0 Å². The van der Waals surface area contributed by atoms with E-state index in [9.17, 15) is 0 Å². The lowest BCUT2D eigenvalue weighted by molar-refractivity contribution is 0.998. The van der Waals surface area contributed by atoms with Gasteiger partial charge in [0.05, 0.1) is 11.0 Å². The fourth-order valence-corrected chi connectivity index (χ4v) is 1.60. The van der Waals surface area contributed by atoms with E-state index in [-0.39, 0.29) is 24.0 Å². The minimum absolute atomic E-state index is 0. The highest BCUT2D eigenvalue weighted by Gasteiger charge is 2.03. The molecule has 0 aliphatic heterocycles. The van der Waals surface area contributed by atoms with Crippen molar-refractivity contribution >= 4 is 35.0 Å². The minimum atomic E-state index is 0. The maximum atomic E-state index is 4.48. The van der Waals surface area contributed by atoms with Gasteiger partial charge in [-0.3, -0.25) is 0 Å². The first-order valence-electron chi connectivity index (χ1n) is 4.81. The molecule has 1 aromatic carbocycles. The SMILES string of the molecule is CCc1nc2cccc(CC)c2[nH]1.I. The molecule has 1 heterocycles. The molecule has 0 spiro atoms. The van der Waals surface area contributed by atoms with E-state index < -0.39 is 0 Å². The molecule has 1 aromatic heterocycles. The third kappa shape index (κ3) is 1.92. The minimum Gasteiger partial charge on any atom is -0.342 e. The summed E-state index contributed by atoms with van der Waals surface area (Å²) in [6.07, 6.45) is 2.03. The van der Waals surface area contributed by atoms with Crippen LogP contribution in [-0.2, 0) is 12.8 Å². The van der Waals surface area contributed by atoms with Crippen LogP contribution in [0.2, 0.25) is 0 Å². The van der Waals surface area contributed by atoms with E-state index >= 15 is 0 Å². The van der Waals surface area contributed by atoms with Gasteiger partial charge in [0.1, 0.15) is 5.82 Å². The van der Waals surface area contributed by atoms with Gasteiger partial charge >= 0.3 is 0 Å². The Morgan fingerprint density at radius 3 is 2.64 bits per heavy atom. The molecule has 0 atom stereocenters. The first-order valence-corrected chi connectivity index (χ1v) is 4.81. The fourth-order valence-electron chi connectivity index (χ4n) is 1.60. The molecule has 76 valence electrons. The number of fused-ring (bicyclic) bond motifs is 1. The Kier molecular flexibility index (Phi) is 3.92. The lowest BCUT2D eigenvalue weighted by atomic mass is 10.1. The van der Waals surface area contributed by atoms with Gasteiger partial charge < -0.3 is 4.98 Å².